The molecule has 1 rings (SSSR count). The maximum absolute atomic E-state index is 11.4. The van der Waals surface area contributed by atoms with E-state index in [2.05, 4.69) is 5.32 Å². The smallest absolute Gasteiger partial charge is 0.151 e. The predicted molar refractivity (Wildman–Crippen MR) is 63.8 cm³/mol. The average molecular weight is 233 g/mol. The van der Waals surface area contributed by atoms with Crippen LogP contribution < -0.4 is 5.32 Å². The first-order valence-corrected chi connectivity index (χ1v) is 7.87. The molecule has 0 heterocycles. The van der Waals surface area contributed by atoms with E-state index in [0.29, 0.717) is 18.1 Å². The molecule has 0 aliphatic heterocycles. The third-order valence-electron chi connectivity index (χ3n) is 3.01. The summed E-state index contributed by atoms with van der Waals surface area (Å²) in [6.45, 7) is 3.53. The lowest BCUT2D eigenvalue weighted by molar-refractivity contribution is 0.497. The summed E-state index contributed by atoms with van der Waals surface area (Å²) in [4.78, 5) is 0. The Morgan fingerprint density at radius 2 is 1.87 bits per heavy atom. The van der Waals surface area contributed by atoms with Gasteiger partial charge in [0.05, 0.1) is 5.75 Å². The highest BCUT2D eigenvalue weighted by molar-refractivity contribution is 7.91. The minimum absolute atomic E-state index is 0.299. The van der Waals surface area contributed by atoms with Crippen LogP contribution in [0.25, 0.3) is 0 Å². The van der Waals surface area contributed by atoms with Gasteiger partial charge in [-0.1, -0.05) is 19.8 Å². The molecule has 0 radical (unpaired) electrons. The normalized spacial score (nSPS) is 18.5. The van der Waals surface area contributed by atoms with Gasteiger partial charge in [-0.05, 0) is 31.7 Å². The molecule has 0 atom stereocenters. The van der Waals surface area contributed by atoms with Gasteiger partial charge in [0.1, 0.15) is 0 Å². The second kappa shape index (κ2) is 6.48. The van der Waals surface area contributed by atoms with Crippen LogP contribution in [0.5, 0.6) is 0 Å². The van der Waals surface area contributed by atoms with Gasteiger partial charge in [-0.2, -0.15) is 0 Å². The molecule has 1 aliphatic carbocycles. The zero-order valence-corrected chi connectivity index (χ0v) is 10.5. The molecule has 1 saturated carbocycles. The van der Waals surface area contributed by atoms with Crippen LogP contribution in [0.3, 0.4) is 0 Å². The fourth-order valence-electron chi connectivity index (χ4n) is 2.16. The van der Waals surface area contributed by atoms with Gasteiger partial charge in [0.25, 0.3) is 0 Å². The lowest BCUT2D eigenvalue weighted by Gasteiger charge is -2.10. The highest BCUT2D eigenvalue weighted by atomic mass is 32.2. The van der Waals surface area contributed by atoms with Crippen molar-refractivity contribution >= 4 is 9.84 Å². The Hall–Kier alpha value is -0.0900. The molecule has 15 heavy (non-hydrogen) atoms. The van der Waals surface area contributed by atoms with Gasteiger partial charge >= 0.3 is 0 Å². The van der Waals surface area contributed by atoms with E-state index in [1.165, 1.54) is 25.7 Å². The standard InChI is InChI=1S/C11H23NO2S/c1-2-8-15(13,14)9-7-12-10-11-5-3-4-6-11/h11-12H,2-10H2,1H3. The molecule has 0 unspecified atom stereocenters. The van der Waals surface area contributed by atoms with E-state index in [-0.39, 0.29) is 0 Å². The van der Waals surface area contributed by atoms with Gasteiger partial charge in [-0.25, -0.2) is 8.42 Å². The fraction of sp³-hybridized carbons (Fsp3) is 1.00. The van der Waals surface area contributed by atoms with Crippen molar-refractivity contribution in [3.63, 3.8) is 0 Å². The number of rotatable bonds is 7. The molecular formula is C11H23NO2S. The van der Waals surface area contributed by atoms with Gasteiger partial charge in [-0.15, -0.1) is 0 Å². The second-order valence-corrected chi connectivity index (χ2v) is 6.81. The van der Waals surface area contributed by atoms with Crippen LogP contribution in [0.2, 0.25) is 0 Å². The van der Waals surface area contributed by atoms with Crippen molar-refractivity contribution in [2.75, 3.05) is 24.6 Å². The minimum Gasteiger partial charge on any atom is -0.315 e. The van der Waals surface area contributed by atoms with Gasteiger partial charge in [0.2, 0.25) is 0 Å². The van der Waals surface area contributed by atoms with Gasteiger partial charge < -0.3 is 5.32 Å². The Labute approximate surface area is 93.6 Å². The van der Waals surface area contributed by atoms with E-state index in [0.717, 1.165) is 18.9 Å². The van der Waals surface area contributed by atoms with E-state index in [4.69, 9.17) is 0 Å². The minimum atomic E-state index is -2.79. The quantitative estimate of drug-likeness (QED) is 0.679. The van der Waals surface area contributed by atoms with E-state index in [1.807, 2.05) is 6.92 Å². The first kappa shape index (κ1) is 13.0. The van der Waals surface area contributed by atoms with Crippen molar-refractivity contribution in [3.05, 3.63) is 0 Å². The lowest BCUT2D eigenvalue weighted by atomic mass is 10.1. The average Bonchev–Trinajstić information content (AvgIpc) is 2.65. The summed E-state index contributed by atoms with van der Waals surface area (Å²) in [5.74, 6) is 1.42. The van der Waals surface area contributed by atoms with Crippen LogP contribution in [0.15, 0.2) is 0 Å². The molecule has 0 spiro atoms. The third-order valence-corrected chi connectivity index (χ3v) is 4.87. The molecule has 0 aromatic rings. The number of nitrogens with one attached hydrogen (secondary N) is 1. The maximum Gasteiger partial charge on any atom is 0.151 e. The summed E-state index contributed by atoms with van der Waals surface area (Å²) in [6, 6.07) is 0. The molecule has 0 amide bonds. The van der Waals surface area contributed by atoms with Gasteiger partial charge in [0.15, 0.2) is 9.84 Å². The molecule has 0 aromatic carbocycles. The van der Waals surface area contributed by atoms with Crippen molar-refractivity contribution in [3.8, 4) is 0 Å². The van der Waals surface area contributed by atoms with E-state index in [9.17, 15) is 8.42 Å². The summed E-state index contributed by atoms with van der Waals surface area (Å²) in [5.41, 5.74) is 0. The summed E-state index contributed by atoms with van der Waals surface area (Å²) in [7, 11) is -2.79. The van der Waals surface area contributed by atoms with Crippen LogP contribution in [-0.2, 0) is 9.84 Å². The topological polar surface area (TPSA) is 46.2 Å². The monoisotopic (exact) mass is 233 g/mol. The molecule has 1 fully saturated rings. The first-order chi connectivity index (χ1) is 7.14. The number of hydrogen-bond donors (Lipinski definition) is 1. The maximum atomic E-state index is 11.4. The van der Waals surface area contributed by atoms with Crippen LogP contribution in [-0.4, -0.2) is 33.0 Å². The van der Waals surface area contributed by atoms with E-state index in [1.54, 1.807) is 0 Å². The Morgan fingerprint density at radius 1 is 1.20 bits per heavy atom. The summed E-state index contributed by atoms with van der Waals surface area (Å²) in [5, 5.41) is 3.26. The van der Waals surface area contributed by atoms with E-state index >= 15 is 0 Å². The molecule has 0 aromatic heterocycles. The third kappa shape index (κ3) is 5.52. The molecule has 3 nitrogen and oxygen atoms in total. The zero-order chi connectivity index (χ0) is 11.1. The molecule has 1 aliphatic rings. The van der Waals surface area contributed by atoms with Crippen molar-refractivity contribution < 1.29 is 8.42 Å². The number of sulfone groups is 1. The van der Waals surface area contributed by atoms with Crippen molar-refractivity contribution in [1.82, 2.24) is 5.32 Å². The van der Waals surface area contributed by atoms with Crippen molar-refractivity contribution in [1.29, 1.82) is 0 Å². The Bertz CT molecular complexity index is 256. The summed E-state index contributed by atoms with van der Waals surface area (Å²) < 4.78 is 22.8. The molecule has 1 N–H and O–H groups in total. The Kier molecular flexibility index (Phi) is 5.61. The van der Waals surface area contributed by atoms with Gasteiger partial charge in [-0.3, -0.25) is 0 Å². The predicted octanol–water partition coefficient (Wildman–Crippen LogP) is 1.59. The van der Waals surface area contributed by atoms with Crippen LogP contribution in [0.4, 0.5) is 0 Å². The summed E-state index contributed by atoms with van der Waals surface area (Å²) >= 11 is 0. The Morgan fingerprint density at radius 3 is 2.47 bits per heavy atom. The number of hydrogen-bond acceptors (Lipinski definition) is 3. The molecule has 0 saturated heterocycles. The molecular weight excluding hydrogens is 210 g/mol. The first-order valence-electron chi connectivity index (χ1n) is 6.05. The largest absolute Gasteiger partial charge is 0.315 e. The van der Waals surface area contributed by atoms with Crippen LogP contribution in [0.1, 0.15) is 39.0 Å². The Balaban J connectivity index is 2.05. The molecule has 90 valence electrons. The fourth-order valence-corrected chi connectivity index (χ4v) is 3.44. The lowest BCUT2D eigenvalue weighted by Crippen LogP contribution is -2.28. The van der Waals surface area contributed by atoms with Crippen molar-refractivity contribution in [2.45, 2.75) is 39.0 Å². The highest BCUT2D eigenvalue weighted by Gasteiger charge is 2.14. The van der Waals surface area contributed by atoms with Crippen LogP contribution >= 0.6 is 0 Å². The van der Waals surface area contributed by atoms with Gasteiger partial charge in [0, 0.05) is 12.3 Å². The van der Waals surface area contributed by atoms with Crippen molar-refractivity contribution in [2.24, 2.45) is 5.92 Å². The molecule has 0 bridgehead atoms. The zero-order valence-electron chi connectivity index (χ0n) is 9.67. The second-order valence-electron chi connectivity index (χ2n) is 4.51. The SMILES string of the molecule is CCCS(=O)(=O)CCNCC1CCCC1. The van der Waals surface area contributed by atoms with Crippen LogP contribution in [0, 0.1) is 5.92 Å². The highest BCUT2D eigenvalue weighted by Crippen LogP contribution is 2.23. The van der Waals surface area contributed by atoms with E-state index < -0.39 is 9.84 Å². The molecule has 4 heteroatoms. The summed E-state index contributed by atoms with van der Waals surface area (Å²) in [6.07, 6.45) is 6.05.